The molecule has 19 heavy (non-hydrogen) atoms. The van der Waals surface area contributed by atoms with E-state index in [1.807, 2.05) is 0 Å². The first kappa shape index (κ1) is 13.3. The molecule has 1 saturated carbocycles. The van der Waals surface area contributed by atoms with Crippen LogP contribution in [0.25, 0.3) is 0 Å². The molecule has 7 heteroatoms. The van der Waals surface area contributed by atoms with Crippen molar-refractivity contribution in [3.8, 4) is 5.75 Å². The first-order valence-corrected chi connectivity index (χ1v) is 5.99. The van der Waals surface area contributed by atoms with E-state index in [0.29, 0.717) is 11.8 Å². The van der Waals surface area contributed by atoms with Crippen LogP contribution in [0.4, 0.5) is 5.69 Å². The monoisotopic (exact) mass is 265 g/mol. The van der Waals surface area contributed by atoms with Gasteiger partial charge in [-0.05, 0) is 18.9 Å². The summed E-state index contributed by atoms with van der Waals surface area (Å²) in [6, 6.07) is 5.57. The van der Waals surface area contributed by atoms with Crippen molar-refractivity contribution in [1.29, 1.82) is 0 Å². The number of nitrogens with two attached hydrogens (primary N) is 1. The summed E-state index contributed by atoms with van der Waals surface area (Å²) in [4.78, 5) is 21.3. The molecule has 1 atom stereocenters. The lowest BCUT2D eigenvalue weighted by molar-refractivity contribution is -0.384. The molecule has 1 aromatic carbocycles. The van der Waals surface area contributed by atoms with Gasteiger partial charge in [0.25, 0.3) is 5.69 Å². The highest BCUT2D eigenvalue weighted by atomic mass is 16.6. The van der Waals surface area contributed by atoms with E-state index >= 15 is 0 Å². The molecule has 0 radical (unpaired) electrons. The van der Waals surface area contributed by atoms with Gasteiger partial charge < -0.3 is 15.8 Å². The summed E-state index contributed by atoms with van der Waals surface area (Å²) < 4.78 is 5.38. The number of primary amides is 1. The Labute approximate surface area is 109 Å². The fraction of sp³-hybridized carbons (Fsp3) is 0.417. The number of nitro groups is 1. The normalized spacial score (nSPS) is 15.8. The van der Waals surface area contributed by atoms with Crippen molar-refractivity contribution in [3.63, 3.8) is 0 Å². The van der Waals surface area contributed by atoms with Crippen molar-refractivity contribution in [2.24, 2.45) is 5.73 Å². The second-order valence-corrected chi connectivity index (χ2v) is 4.46. The SMILES string of the molecule is NC(=O)C(COc1cccc([N+](=O)[O-])c1)NC1CC1. The molecule has 7 nitrogen and oxygen atoms in total. The van der Waals surface area contributed by atoms with Gasteiger partial charge in [-0.25, -0.2) is 0 Å². The summed E-state index contributed by atoms with van der Waals surface area (Å²) in [5, 5.41) is 13.7. The third kappa shape index (κ3) is 3.92. The molecule has 0 bridgehead atoms. The minimum absolute atomic E-state index is 0.0525. The zero-order chi connectivity index (χ0) is 13.8. The largest absolute Gasteiger partial charge is 0.491 e. The van der Waals surface area contributed by atoms with E-state index in [-0.39, 0.29) is 12.3 Å². The Morgan fingerprint density at radius 3 is 2.89 bits per heavy atom. The van der Waals surface area contributed by atoms with Crippen molar-refractivity contribution >= 4 is 11.6 Å². The van der Waals surface area contributed by atoms with E-state index in [0.717, 1.165) is 12.8 Å². The van der Waals surface area contributed by atoms with Crippen LogP contribution in [0.3, 0.4) is 0 Å². The number of nitrogens with zero attached hydrogens (tertiary/aromatic N) is 1. The third-order valence-electron chi connectivity index (χ3n) is 2.80. The molecule has 0 heterocycles. The highest BCUT2D eigenvalue weighted by Crippen LogP contribution is 2.21. The van der Waals surface area contributed by atoms with Crippen molar-refractivity contribution in [1.82, 2.24) is 5.32 Å². The van der Waals surface area contributed by atoms with Crippen LogP contribution in [-0.4, -0.2) is 29.5 Å². The minimum Gasteiger partial charge on any atom is -0.491 e. The molecule has 0 saturated heterocycles. The fourth-order valence-corrected chi connectivity index (χ4v) is 1.61. The minimum atomic E-state index is -0.577. The molecule has 1 amide bonds. The highest BCUT2D eigenvalue weighted by Gasteiger charge is 2.27. The molecule has 0 aliphatic heterocycles. The smallest absolute Gasteiger partial charge is 0.273 e. The zero-order valence-corrected chi connectivity index (χ0v) is 10.2. The molecule has 2 rings (SSSR count). The molecule has 1 fully saturated rings. The number of non-ortho nitro benzene ring substituents is 1. The van der Waals surface area contributed by atoms with Gasteiger partial charge in [0.1, 0.15) is 18.4 Å². The van der Waals surface area contributed by atoms with Crippen LogP contribution in [0.15, 0.2) is 24.3 Å². The van der Waals surface area contributed by atoms with Crippen LogP contribution in [0, 0.1) is 10.1 Å². The summed E-state index contributed by atoms with van der Waals surface area (Å²) >= 11 is 0. The summed E-state index contributed by atoms with van der Waals surface area (Å²) in [5.74, 6) is -0.143. The molecule has 0 spiro atoms. The Bertz CT molecular complexity index is 488. The first-order valence-electron chi connectivity index (χ1n) is 5.99. The number of nitro benzene ring substituents is 1. The third-order valence-corrected chi connectivity index (χ3v) is 2.80. The second-order valence-electron chi connectivity index (χ2n) is 4.46. The van der Waals surface area contributed by atoms with Crippen LogP contribution in [0.1, 0.15) is 12.8 Å². The van der Waals surface area contributed by atoms with Gasteiger partial charge in [-0.2, -0.15) is 0 Å². The number of nitrogens with one attached hydrogen (secondary N) is 1. The predicted octanol–water partition coefficient (Wildman–Crippen LogP) is 0.579. The number of hydrogen-bond donors (Lipinski definition) is 2. The molecular weight excluding hydrogens is 250 g/mol. The van der Waals surface area contributed by atoms with E-state index in [9.17, 15) is 14.9 Å². The number of benzene rings is 1. The lowest BCUT2D eigenvalue weighted by Crippen LogP contribution is -2.46. The van der Waals surface area contributed by atoms with E-state index in [2.05, 4.69) is 5.32 Å². The van der Waals surface area contributed by atoms with E-state index in [1.165, 1.54) is 18.2 Å². The molecule has 0 aromatic heterocycles. The van der Waals surface area contributed by atoms with Gasteiger partial charge in [-0.15, -0.1) is 0 Å². The van der Waals surface area contributed by atoms with Gasteiger partial charge in [0, 0.05) is 12.1 Å². The maximum Gasteiger partial charge on any atom is 0.273 e. The van der Waals surface area contributed by atoms with Gasteiger partial charge in [-0.1, -0.05) is 6.07 Å². The van der Waals surface area contributed by atoms with Crippen LogP contribution >= 0.6 is 0 Å². The average Bonchev–Trinajstić information content (AvgIpc) is 3.18. The summed E-state index contributed by atoms with van der Waals surface area (Å²) in [7, 11) is 0. The number of carbonyl (C=O) groups excluding carboxylic acids is 1. The van der Waals surface area contributed by atoms with Gasteiger partial charge >= 0.3 is 0 Å². The lowest BCUT2D eigenvalue weighted by Gasteiger charge is -2.15. The topological polar surface area (TPSA) is 107 Å². The summed E-state index contributed by atoms with van der Waals surface area (Å²) in [5.41, 5.74) is 5.21. The van der Waals surface area contributed by atoms with Crippen molar-refractivity contribution < 1.29 is 14.5 Å². The Morgan fingerprint density at radius 2 is 2.32 bits per heavy atom. The number of amides is 1. The van der Waals surface area contributed by atoms with Gasteiger partial charge in [-0.3, -0.25) is 14.9 Å². The number of hydrogen-bond acceptors (Lipinski definition) is 5. The maximum absolute atomic E-state index is 11.2. The van der Waals surface area contributed by atoms with Crippen molar-refractivity contribution in [3.05, 3.63) is 34.4 Å². The first-order chi connectivity index (χ1) is 9.06. The quantitative estimate of drug-likeness (QED) is 0.554. The summed E-state index contributed by atoms with van der Waals surface area (Å²) in [6.07, 6.45) is 2.06. The molecule has 1 aromatic rings. The summed E-state index contributed by atoms with van der Waals surface area (Å²) in [6.45, 7) is 0.0625. The molecule has 102 valence electrons. The fourth-order valence-electron chi connectivity index (χ4n) is 1.61. The number of rotatable bonds is 7. The van der Waals surface area contributed by atoms with Crippen molar-refractivity contribution in [2.45, 2.75) is 24.9 Å². The van der Waals surface area contributed by atoms with Gasteiger partial charge in [0.15, 0.2) is 0 Å². The van der Waals surface area contributed by atoms with E-state index in [4.69, 9.17) is 10.5 Å². The Balaban J connectivity index is 1.93. The predicted molar refractivity (Wildman–Crippen MR) is 67.7 cm³/mol. The maximum atomic E-state index is 11.2. The Hall–Kier alpha value is -2.15. The number of ether oxygens (including phenoxy) is 1. The molecular formula is C12H15N3O4. The van der Waals surface area contributed by atoms with Crippen molar-refractivity contribution in [2.75, 3.05) is 6.61 Å². The van der Waals surface area contributed by atoms with Gasteiger partial charge in [0.2, 0.25) is 5.91 Å². The van der Waals surface area contributed by atoms with Crippen LogP contribution in [0.5, 0.6) is 5.75 Å². The highest BCUT2D eigenvalue weighted by molar-refractivity contribution is 5.80. The van der Waals surface area contributed by atoms with E-state index < -0.39 is 16.9 Å². The molecule has 1 aliphatic carbocycles. The van der Waals surface area contributed by atoms with E-state index in [1.54, 1.807) is 6.07 Å². The Morgan fingerprint density at radius 1 is 1.58 bits per heavy atom. The molecule has 1 unspecified atom stereocenters. The average molecular weight is 265 g/mol. The molecule has 3 N–H and O–H groups in total. The van der Waals surface area contributed by atoms with Crippen LogP contribution in [-0.2, 0) is 4.79 Å². The van der Waals surface area contributed by atoms with Gasteiger partial charge in [0.05, 0.1) is 11.0 Å². The van der Waals surface area contributed by atoms with Crippen LogP contribution in [0.2, 0.25) is 0 Å². The number of carbonyl (C=O) groups is 1. The Kier molecular flexibility index (Phi) is 3.96. The second kappa shape index (κ2) is 5.66. The van der Waals surface area contributed by atoms with Crippen LogP contribution < -0.4 is 15.8 Å². The zero-order valence-electron chi connectivity index (χ0n) is 10.2. The standard InChI is InChI=1S/C12H15N3O4/c13-12(16)11(14-8-4-5-8)7-19-10-3-1-2-9(6-10)15(17)18/h1-3,6,8,11,14H,4-5,7H2,(H2,13,16). The lowest BCUT2D eigenvalue weighted by atomic mass is 10.3. The molecule has 1 aliphatic rings.